The monoisotopic (exact) mass is 202 g/mol. The van der Waals surface area contributed by atoms with Crippen molar-refractivity contribution in [2.24, 2.45) is 0 Å². The van der Waals surface area contributed by atoms with Crippen LogP contribution in [-0.2, 0) is 0 Å². The molecule has 78 valence electrons. The molecule has 0 radical (unpaired) electrons. The van der Waals surface area contributed by atoms with Crippen molar-refractivity contribution in [1.29, 1.82) is 0 Å². The van der Waals surface area contributed by atoms with E-state index in [1.165, 1.54) is 19.3 Å². The van der Waals surface area contributed by atoms with E-state index in [1.54, 1.807) is 13.3 Å². The summed E-state index contributed by atoms with van der Waals surface area (Å²) >= 11 is 0. The van der Waals surface area contributed by atoms with E-state index in [1.807, 2.05) is 6.07 Å². The number of nitrogens with zero attached hydrogens (tertiary/aromatic N) is 2. The second-order valence-electron chi connectivity index (χ2n) is 3.90. The molecule has 0 saturated heterocycles. The van der Waals surface area contributed by atoms with Crippen LogP contribution in [0.1, 0.15) is 43.5 Å². The largest absolute Gasteiger partial charge is 0.381 e. The van der Waals surface area contributed by atoms with E-state index >= 15 is 0 Å². The summed E-state index contributed by atoms with van der Waals surface area (Å²) in [6, 6.07) is 1.93. The first-order valence-electron chi connectivity index (χ1n) is 5.27. The molecule has 1 N–H and O–H groups in total. The zero-order chi connectivity index (χ0) is 10.7. The van der Waals surface area contributed by atoms with Crippen molar-refractivity contribution in [2.75, 3.05) is 0 Å². The van der Waals surface area contributed by atoms with E-state index in [2.05, 4.69) is 21.8 Å². The molecule has 1 aromatic rings. The number of rotatable bonds is 1. The number of aliphatic hydroxyl groups is 1. The average molecular weight is 202 g/mol. The molecule has 0 spiro atoms. The van der Waals surface area contributed by atoms with E-state index in [-0.39, 0.29) is 0 Å². The number of aromatic nitrogens is 2. The standard InChI is InChI=1S/C12H14N2O/c1-9(15)5-6-11-7-12(14-8-13-11)10-3-2-4-10/h7-10,15H,2-4H2,1H3/t9-/m0/s1. The zero-order valence-corrected chi connectivity index (χ0v) is 8.77. The van der Waals surface area contributed by atoms with Gasteiger partial charge in [-0.1, -0.05) is 12.3 Å². The van der Waals surface area contributed by atoms with Crippen molar-refractivity contribution in [3.8, 4) is 11.8 Å². The Labute approximate surface area is 89.6 Å². The van der Waals surface area contributed by atoms with Gasteiger partial charge < -0.3 is 5.11 Å². The van der Waals surface area contributed by atoms with Gasteiger partial charge in [0.25, 0.3) is 0 Å². The van der Waals surface area contributed by atoms with Gasteiger partial charge in [-0.2, -0.15) is 0 Å². The topological polar surface area (TPSA) is 46.0 Å². The summed E-state index contributed by atoms with van der Waals surface area (Å²) in [7, 11) is 0. The van der Waals surface area contributed by atoms with Gasteiger partial charge in [0.2, 0.25) is 0 Å². The molecule has 0 amide bonds. The highest BCUT2D eigenvalue weighted by molar-refractivity contribution is 5.30. The third-order valence-corrected chi connectivity index (χ3v) is 2.62. The Morgan fingerprint density at radius 2 is 2.27 bits per heavy atom. The quantitative estimate of drug-likeness (QED) is 0.701. The Hall–Kier alpha value is -1.40. The Morgan fingerprint density at radius 1 is 1.47 bits per heavy atom. The van der Waals surface area contributed by atoms with Crippen LogP contribution < -0.4 is 0 Å². The molecule has 3 nitrogen and oxygen atoms in total. The predicted molar refractivity (Wildman–Crippen MR) is 57.2 cm³/mol. The van der Waals surface area contributed by atoms with Crippen molar-refractivity contribution in [1.82, 2.24) is 9.97 Å². The lowest BCUT2D eigenvalue weighted by Gasteiger charge is -2.24. The molecule has 0 aromatic carbocycles. The van der Waals surface area contributed by atoms with Gasteiger partial charge in [0, 0.05) is 11.6 Å². The summed E-state index contributed by atoms with van der Waals surface area (Å²) in [4.78, 5) is 8.30. The molecule has 1 aliphatic carbocycles. The van der Waals surface area contributed by atoms with Crippen LogP contribution in [0.5, 0.6) is 0 Å². The Balaban J connectivity index is 2.16. The highest BCUT2D eigenvalue weighted by Gasteiger charge is 2.20. The van der Waals surface area contributed by atoms with E-state index < -0.39 is 6.10 Å². The maximum Gasteiger partial charge on any atom is 0.117 e. The second-order valence-corrected chi connectivity index (χ2v) is 3.90. The van der Waals surface area contributed by atoms with Gasteiger partial charge in [-0.05, 0) is 31.8 Å². The SMILES string of the molecule is C[C@H](O)C#Cc1cc(C2CCC2)ncn1. The fraction of sp³-hybridized carbons (Fsp3) is 0.500. The minimum atomic E-state index is -0.605. The van der Waals surface area contributed by atoms with Crippen LogP contribution in [0.15, 0.2) is 12.4 Å². The number of hydrogen-bond acceptors (Lipinski definition) is 3. The van der Waals surface area contributed by atoms with Gasteiger partial charge >= 0.3 is 0 Å². The smallest absolute Gasteiger partial charge is 0.117 e. The van der Waals surface area contributed by atoms with Gasteiger partial charge in [-0.3, -0.25) is 0 Å². The van der Waals surface area contributed by atoms with Crippen LogP contribution in [0.4, 0.5) is 0 Å². The van der Waals surface area contributed by atoms with Gasteiger partial charge in [0.05, 0.1) is 0 Å². The summed E-state index contributed by atoms with van der Waals surface area (Å²) in [6.07, 6.45) is 4.69. The number of hydrogen-bond donors (Lipinski definition) is 1. The van der Waals surface area contributed by atoms with E-state index in [9.17, 15) is 0 Å². The molecule has 0 aliphatic heterocycles. The highest BCUT2D eigenvalue weighted by atomic mass is 16.3. The van der Waals surface area contributed by atoms with Crippen molar-refractivity contribution < 1.29 is 5.11 Å². The lowest BCUT2D eigenvalue weighted by molar-refractivity contribution is 0.253. The van der Waals surface area contributed by atoms with Crippen LogP contribution >= 0.6 is 0 Å². The average Bonchev–Trinajstić information content (AvgIpc) is 2.13. The Morgan fingerprint density at radius 3 is 2.87 bits per heavy atom. The summed E-state index contributed by atoms with van der Waals surface area (Å²) in [5, 5.41) is 9.03. The normalized spacial score (nSPS) is 17.5. The fourth-order valence-electron chi connectivity index (χ4n) is 1.55. The summed E-state index contributed by atoms with van der Waals surface area (Å²) in [6.45, 7) is 1.64. The highest BCUT2D eigenvalue weighted by Crippen LogP contribution is 2.34. The molecule has 2 rings (SSSR count). The first-order chi connectivity index (χ1) is 7.25. The lowest BCUT2D eigenvalue weighted by atomic mass is 9.83. The third-order valence-electron chi connectivity index (χ3n) is 2.62. The summed E-state index contributed by atoms with van der Waals surface area (Å²) < 4.78 is 0. The number of aliphatic hydroxyl groups excluding tert-OH is 1. The minimum absolute atomic E-state index is 0.597. The molecule has 0 bridgehead atoms. The first-order valence-corrected chi connectivity index (χ1v) is 5.27. The molecule has 15 heavy (non-hydrogen) atoms. The molecule has 1 fully saturated rings. The summed E-state index contributed by atoms with van der Waals surface area (Å²) in [5.41, 5.74) is 1.79. The second kappa shape index (κ2) is 4.41. The Bertz CT molecular complexity index is 400. The van der Waals surface area contributed by atoms with E-state index in [0.717, 1.165) is 5.69 Å². The van der Waals surface area contributed by atoms with E-state index in [4.69, 9.17) is 5.11 Å². The van der Waals surface area contributed by atoms with Crippen LogP contribution in [0.3, 0.4) is 0 Å². The summed E-state index contributed by atoms with van der Waals surface area (Å²) in [5.74, 6) is 6.11. The molecular weight excluding hydrogens is 188 g/mol. The van der Waals surface area contributed by atoms with Crippen LogP contribution in [0.2, 0.25) is 0 Å². The molecule has 1 atom stereocenters. The molecule has 1 aliphatic rings. The van der Waals surface area contributed by atoms with Gasteiger partial charge in [-0.15, -0.1) is 0 Å². The van der Waals surface area contributed by atoms with Crippen LogP contribution in [0.25, 0.3) is 0 Å². The van der Waals surface area contributed by atoms with Crippen molar-refractivity contribution in [3.05, 3.63) is 23.8 Å². The zero-order valence-electron chi connectivity index (χ0n) is 8.77. The predicted octanol–water partition coefficient (Wildman–Crippen LogP) is 1.48. The van der Waals surface area contributed by atoms with Crippen molar-refractivity contribution in [3.63, 3.8) is 0 Å². The molecule has 1 saturated carbocycles. The van der Waals surface area contributed by atoms with E-state index in [0.29, 0.717) is 11.6 Å². The fourth-order valence-corrected chi connectivity index (χ4v) is 1.55. The molecule has 1 aromatic heterocycles. The molecule has 1 heterocycles. The minimum Gasteiger partial charge on any atom is -0.381 e. The van der Waals surface area contributed by atoms with Crippen molar-refractivity contribution in [2.45, 2.75) is 38.2 Å². The third kappa shape index (κ3) is 2.54. The van der Waals surface area contributed by atoms with Crippen LogP contribution in [-0.4, -0.2) is 21.2 Å². The van der Waals surface area contributed by atoms with Gasteiger partial charge in [0.1, 0.15) is 18.1 Å². The van der Waals surface area contributed by atoms with Crippen LogP contribution in [0, 0.1) is 11.8 Å². The van der Waals surface area contributed by atoms with Gasteiger partial charge in [-0.25, -0.2) is 9.97 Å². The molecule has 0 unspecified atom stereocenters. The molecular formula is C12H14N2O. The Kier molecular flexibility index (Phi) is 2.98. The first kappa shape index (κ1) is 10.1. The van der Waals surface area contributed by atoms with Crippen molar-refractivity contribution >= 4 is 0 Å². The molecule has 3 heteroatoms. The maximum atomic E-state index is 9.03. The lowest BCUT2D eigenvalue weighted by Crippen LogP contribution is -2.11. The maximum absolute atomic E-state index is 9.03. The van der Waals surface area contributed by atoms with Gasteiger partial charge in [0.15, 0.2) is 0 Å².